The van der Waals surface area contributed by atoms with Gasteiger partial charge in [-0.15, -0.1) is 0 Å². The Bertz CT molecular complexity index is 790. The Balaban J connectivity index is 1.98. The van der Waals surface area contributed by atoms with Crippen LogP contribution in [0.15, 0.2) is 46.9 Å². The molecule has 2 aromatic rings. The lowest BCUT2D eigenvalue weighted by molar-refractivity contribution is -0.385. The minimum atomic E-state index is -0.549. The molecule has 8 heteroatoms. The van der Waals surface area contributed by atoms with Crippen LogP contribution in [0.25, 0.3) is 0 Å². The van der Waals surface area contributed by atoms with Gasteiger partial charge in [0.15, 0.2) is 0 Å². The second-order valence-corrected chi connectivity index (χ2v) is 5.86. The molecule has 124 valence electrons. The lowest BCUT2D eigenvalue weighted by Crippen LogP contribution is -2.33. The number of benzene rings is 2. The summed E-state index contributed by atoms with van der Waals surface area (Å²) >= 11 is 3.29. The summed E-state index contributed by atoms with van der Waals surface area (Å²) in [5.74, 6) is -0.934. The van der Waals surface area contributed by atoms with Crippen molar-refractivity contribution in [3.05, 3.63) is 68.2 Å². The summed E-state index contributed by atoms with van der Waals surface area (Å²) in [4.78, 5) is 34.3. The van der Waals surface area contributed by atoms with Crippen LogP contribution in [0.2, 0.25) is 0 Å². The van der Waals surface area contributed by atoms with Gasteiger partial charge in [0.1, 0.15) is 0 Å². The van der Waals surface area contributed by atoms with E-state index in [9.17, 15) is 19.7 Å². The highest BCUT2D eigenvalue weighted by Gasteiger charge is 2.18. The number of hydrogen-bond acceptors (Lipinski definition) is 4. The molecule has 0 radical (unpaired) electrons. The van der Waals surface area contributed by atoms with Crippen molar-refractivity contribution in [3.8, 4) is 0 Å². The summed E-state index contributed by atoms with van der Waals surface area (Å²) in [6.07, 6.45) is 0. The third-order valence-corrected chi connectivity index (χ3v) is 3.81. The van der Waals surface area contributed by atoms with Gasteiger partial charge in [0.05, 0.1) is 11.5 Å². The van der Waals surface area contributed by atoms with Crippen LogP contribution in [0.3, 0.4) is 0 Å². The molecule has 0 saturated carbocycles. The first kappa shape index (κ1) is 17.6. The summed E-state index contributed by atoms with van der Waals surface area (Å²) in [7, 11) is 0. The quantitative estimate of drug-likeness (QED) is 0.603. The van der Waals surface area contributed by atoms with Gasteiger partial charge in [-0.1, -0.05) is 22.0 Å². The molecule has 2 aromatic carbocycles. The lowest BCUT2D eigenvalue weighted by Gasteiger charge is -2.09. The molecule has 24 heavy (non-hydrogen) atoms. The van der Waals surface area contributed by atoms with Crippen LogP contribution in [-0.2, 0) is 4.79 Å². The Kier molecular flexibility index (Phi) is 5.64. The molecular formula is C16H14BrN3O4. The fourth-order valence-corrected chi connectivity index (χ4v) is 2.33. The van der Waals surface area contributed by atoms with Gasteiger partial charge in [-0.2, -0.15) is 0 Å². The summed E-state index contributed by atoms with van der Waals surface area (Å²) in [6.45, 7) is 1.26. The molecule has 0 heterocycles. The Labute approximate surface area is 146 Å². The van der Waals surface area contributed by atoms with E-state index >= 15 is 0 Å². The lowest BCUT2D eigenvalue weighted by atomic mass is 10.1. The van der Waals surface area contributed by atoms with Crippen LogP contribution < -0.4 is 10.6 Å². The summed E-state index contributed by atoms with van der Waals surface area (Å²) < 4.78 is 0.884. The van der Waals surface area contributed by atoms with E-state index in [0.29, 0.717) is 5.69 Å². The van der Waals surface area contributed by atoms with Crippen molar-refractivity contribution in [2.75, 3.05) is 11.9 Å². The van der Waals surface area contributed by atoms with E-state index in [1.807, 2.05) is 0 Å². The maximum atomic E-state index is 12.1. The third-order valence-electron chi connectivity index (χ3n) is 3.28. The van der Waals surface area contributed by atoms with Crippen LogP contribution in [0, 0.1) is 17.0 Å². The van der Waals surface area contributed by atoms with E-state index < -0.39 is 16.7 Å². The third kappa shape index (κ3) is 4.39. The highest BCUT2D eigenvalue weighted by atomic mass is 79.9. The van der Waals surface area contributed by atoms with Crippen LogP contribution >= 0.6 is 15.9 Å². The zero-order valence-electron chi connectivity index (χ0n) is 12.7. The monoisotopic (exact) mass is 391 g/mol. The minimum Gasteiger partial charge on any atom is -0.343 e. The number of rotatable bonds is 5. The zero-order chi connectivity index (χ0) is 17.7. The van der Waals surface area contributed by atoms with E-state index in [1.54, 1.807) is 24.3 Å². The highest BCUT2D eigenvalue weighted by Crippen LogP contribution is 2.20. The van der Waals surface area contributed by atoms with E-state index in [-0.39, 0.29) is 23.4 Å². The van der Waals surface area contributed by atoms with E-state index in [0.717, 1.165) is 4.47 Å². The van der Waals surface area contributed by atoms with E-state index in [4.69, 9.17) is 0 Å². The number of nitrogens with zero attached hydrogens (tertiary/aromatic N) is 1. The first-order valence-corrected chi connectivity index (χ1v) is 7.75. The summed E-state index contributed by atoms with van der Waals surface area (Å²) in [5, 5.41) is 16.0. The predicted molar refractivity (Wildman–Crippen MR) is 92.9 cm³/mol. The van der Waals surface area contributed by atoms with Crippen molar-refractivity contribution < 1.29 is 14.5 Å². The fraction of sp³-hybridized carbons (Fsp3) is 0.125. The molecule has 2 amide bonds. The molecule has 2 rings (SSSR count). The van der Waals surface area contributed by atoms with Gasteiger partial charge in [-0.25, -0.2) is 0 Å². The second-order valence-electron chi connectivity index (χ2n) is 4.94. The molecule has 2 N–H and O–H groups in total. The number of halogens is 1. The molecule has 0 bridgehead atoms. The van der Waals surface area contributed by atoms with Crippen molar-refractivity contribution in [3.63, 3.8) is 0 Å². The number of amides is 2. The van der Waals surface area contributed by atoms with Gasteiger partial charge in [0.25, 0.3) is 11.6 Å². The largest absolute Gasteiger partial charge is 0.343 e. The van der Waals surface area contributed by atoms with Crippen LogP contribution in [-0.4, -0.2) is 23.3 Å². The number of anilines is 1. The number of carbonyl (C=O) groups is 2. The molecule has 0 aromatic heterocycles. The minimum absolute atomic E-state index is 0.137. The Hall–Kier alpha value is -2.74. The molecule has 0 aliphatic heterocycles. The number of nitrogens with one attached hydrogen (secondary N) is 2. The molecule has 0 aliphatic carbocycles. The second kappa shape index (κ2) is 7.69. The highest BCUT2D eigenvalue weighted by molar-refractivity contribution is 9.10. The van der Waals surface area contributed by atoms with Gasteiger partial charge in [-0.05, 0) is 37.3 Å². The zero-order valence-corrected chi connectivity index (χ0v) is 14.3. The molecule has 7 nitrogen and oxygen atoms in total. The van der Waals surface area contributed by atoms with Gasteiger partial charge in [0.2, 0.25) is 5.91 Å². The molecule has 0 unspecified atom stereocenters. The maximum absolute atomic E-state index is 12.1. The molecule has 0 atom stereocenters. The standard InChI is InChI=1S/C16H14BrN3O4/c1-10-13(3-2-4-14(10)20(23)24)16(22)18-9-15(21)19-12-7-5-11(17)6-8-12/h2-8H,9H2,1H3,(H,18,22)(H,19,21). The van der Waals surface area contributed by atoms with Gasteiger partial charge < -0.3 is 10.6 Å². The average molecular weight is 392 g/mol. The first-order valence-electron chi connectivity index (χ1n) is 6.96. The molecule has 0 spiro atoms. The summed E-state index contributed by atoms with van der Waals surface area (Å²) in [5.41, 5.74) is 0.889. The van der Waals surface area contributed by atoms with Crippen molar-refractivity contribution in [1.82, 2.24) is 5.32 Å². The predicted octanol–water partition coefficient (Wildman–Crippen LogP) is 3.03. The van der Waals surface area contributed by atoms with Gasteiger partial charge in [0, 0.05) is 27.4 Å². The molecular weight excluding hydrogens is 378 g/mol. The Morgan fingerprint density at radius 3 is 2.46 bits per heavy atom. The summed E-state index contributed by atoms with van der Waals surface area (Å²) in [6, 6.07) is 11.2. The van der Waals surface area contributed by atoms with Crippen molar-refractivity contribution >= 4 is 39.1 Å². The van der Waals surface area contributed by atoms with Gasteiger partial charge >= 0.3 is 0 Å². The molecule has 0 saturated heterocycles. The Morgan fingerprint density at radius 2 is 1.83 bits per heavy atom. The van der Waals surface area contributed by atoms with Crippen molar-refractivity contribution in [1.29, 1.82) is 0 Å². The molecule has 0 fully saturated rings. The number of carbonyl (C=O) groups excluding carboxylic acids is 2. The van der Waals surface area contributed by atoms with Crippen molar-refractivity contribution in [2.45, 2.75) is 6.92 Å². The SMILES string of the molecule is Cc1c(C(=O)NCC(=O)Nc2ccc(Br)cc2)cccc1[N+](=O)[O-]. The van der Waals surface area contributed by atoms with Crippen LogP contribution in [0.1, 0.15) is 15.9 Å². The van der Waals surface area contributed by atoms with Gasteiger partial charge in [-0.3, -0.25) is 19.7 Å². The number of nitro groups is 1. The fourth-order valence-electron chi connectivity index (χ4n) is 2.06. The normalized spacial score (nSPS) is 10.1. The topological polar surface area (TPSA) is 101 Å². The van der Waals surface area contributed by atoms with Crippen molar-refractivity contribution in [2.24, 2.45) is 0 Å². The Morgan fingerprint density at radius 1 is 1.17 bits per heavy atom. The number of hydrogen-bond donors (Lipinski definition) is 2. The van der Waals surface area contributed by atoms with E-state index in [1.165, 1.54) is 25.1 Å². The van der Waals surface area contributed by atoms with E-state index in [2.05, 4.69) is 26.6 Å². The van der Waals surface area contributed by atoms with Crippen LogP contribution in [0.4, 0.5) is 11.4 Å². The molecule has 0 aliphatic rings. The first-order chi connectivity index (χ1) is 11.4. The smallest absolute Gasteiger partial charge is 0.273 e. The maximum Gasteiger partial charge on any atom is 0.273 e. The van der Waals surface area contributed by atoms with Crippen LogP contribution in [0.5, 0.6) is 0 Å². The number of nitro benzene ring substituents is 1. The average Bonchev–Trinajstić information content (AvgIpc) is 2.54.